The second-order valence-electron chi connectivity index (χ2n) is 9.72. The second kappa shape index (κ2) is 14.8. The summed E-state index contributed by atoms with van der Waals surface area (Å²) in [5.41, 5.74) is 3.60. The number of carbonyl (C=O) groups is 5. The number of hydrogen-bond donors (Lipinski definition) is 1. The Morgan fingerprint density at radius 1 is 0.805 bits per heavy atom. The van der Waals surface area contributed by atoms with E-state index in [1.54, 1.807) is 0 Å². The molecule has 0 bridgehead atoms. The van der Waals surface area contributed by atoms with Crippen molar-refractivity contribution < 1.29 is 33.5 Å². The van der Waals surface area contributed by atoms with Crippen molar-refractivity contribution in [3.05, 3.63) is 65.2 Å². The third-order valence-corrected chi connectivity index (χ3v) is 6.69. The van der Waals surface area contributed by atoms with Crippen LogP contribution >= 0.6 is 0 Å². The van der Waals surface area contributed by atoms with Crippen LogP contribution in [0.1, 0.15) is 68.1 Å². The zero-order valence-electron chi connectivity index (χ0n) is 22.9. The third kappa shape index (κ3) is 8.50. The summed E-state index contributed by atoms with van der Waals surface area (Å²) in [4.78, 5) is 66.4. The maximum atomic E-state index is 13.2. The van der Waals surface area contributed by atoms with Crippen LogP contribution in [-0.2, 0) is 40.1 Å². The Hall–Kier alpha value is -4.49. The summed E-state index contributed by atoms with van der Waals surface area (Å²) in [5.74, 6) is 4.48. The average molecular weight is 560 g/mol. The summed E-state index contributed by atoms with van der Waals surface area (Å²) in [7, 11) is 0. The fraction of sp³-hybridized carbons (Fsp3) is 0.387. The minimum Gasteiger partial charge on any atom is -0.380 e. The molecule has 0 atom stereocenters. The Kier molecular flexibility index (Phi) is 10.6. The number of para-hydroxylation sites is 1. The van der Waals surface area contributed by atoms with Crippen LogP contribution in [0.15, 0.2) is 48.5 Å². The van der Waals surface area contributed by atoms with Gasteiger partial charge in [0.15, 0.2) is 0 Å². The van der Waals surface area contributed by atoms with Crippen molar-refractivity contribution in [1.29, 1.82) is 0 Å². The van der Waals surface area contributed by atoms with Crippen molar-refractivity contribution in [2.24, 2.45) is 0 Å². The van der Waals surface area contributed by atoms with E-state index in [1.165, 1.54) is 0 Å². The number of unbranched alkanes of at least 4 members (excludes halogenated alkanes) is 2. The molecule has 0 spiro atoms. The highest BCUT2D eigenvalue weighted by Gasteiger charge is 2.32. The zero-order chi connectivity index (χ0) is 29.0. The molecular weight excluding hydrogens is 526 g/mol. The molecule has 0 unspecified atom stereocenters. The standard InChI is InChI=1S/C31H33N3O7/c35-27(17-20-40-21-18-31(39)41-34-29(37)15-16-30(34)38)32-19-7-1-2-12-28(36)33-22-25-10-4-3-8-23(25)13-14-24-9-5-6-11-26(24)33/h3-6,8-11H,1-2,7,12,15-22H2,(H,32,35). The molecule has 2 aromatic rings. The molecule has 0 radical (unpaired) electrons. The Balaban J connectivity index is 1.09. The van der Waals surface area contributed by atoms with Crippen molar-refractivity contribution in [3.8, 4) is 11.8 Å². The summed E-state index contributed by atoms with van der Waals surface area (Å²) in [6.07, 6.45) is 2.70. The maximum absolute atomic E-state index is 13.2. The van der Waals surface area contributed by atoms with Gasteiger partial charge in [-0.1, -0.05) is 48.6 Å². The van der Waals surface area contributed by atoms with Crippen molar-refractivity contribution in [1.82, 2.24) is 10.4 Å². The summed E-state index contributed by atoms with van der Waals surface area (Å²) in [5, 5.41) is 3.32. The van der Waals surface area contributed by atoms with Gasteiger partial charge in [0, 0.05) is 43.4 Å². The highest BCUT2D eigenvalue weighted by Crippen LogP contribution is 2.26. The average Bonchev–Trinajstić information content (AvgIpc) is 3.27. The van der Waals surface area contributed by atoms with Crippen LogP contribution in [0.5, 0.6) is 0 Å². The van der Waals surface area contributed by atoms with Crippen LogP contribution in [0.4, 0.5) is 5.69 Å². The number of anilines is 1. The normalized spacial score (nSPS) is 13.9. The third-order valence-electron chi connectivity index (χ3n) is 6.69. The molecule has 2 aliphatic rings. The first-order chi connectivity index (χ1) is 19.9. The number of amides is 4. The number of nitrogens with zero attached hydrogens (tertiary/aromatic N) is 2. The van der Waals surface area contributed by atoms with Crippen LogP contribution in [0.2, 0.25) is 0 Å². The van der Waals surface area contributed by atoms with Gasteiger partial charge < -0.3 is 19.8 Å². The van der Waals surface area contributed by atoms with Gasteiger partial charge in [0.2, 0.25) is 11.8 Å². The van der Waals surface area contributed by atoms with Gasteiger partial charge in [0.1, 0.15) is 0 Å². The lowest BCUT2D eigenvalue weighted by Crippen LogP contribution is -2.32. The molecule has 4 rings (SSSR count). The van der Waals surface area contributed by atoms with Gasteiger partial charge in [-0.3, -0.25) is 19.2 Å². The number of fused-ring (bicyclic) bond motifs is 2. The van der Waals surface area contributed by atoms with E-state index in [2.05, 4.69) is 17.2 Å². The van der Waals surface area contributed by atoms with Gasteiger partial charge in [0.05, 0.1) is 31.9 Å². The lowest BCUT2D eigenvalue weighted by Gasteiger charge is -2.26. The molecule has 10 heteroatoms. The number of ether oxygens (including phenoxy) is 1. The number of hydroxylamine groups is 2. The second-order valence-corrected chi connectivity index (χ2v) is 9.72. The summed E-state index contributed by atoms with van der Waals surface area (Å²) in [6.45, 7) is 1.10. The fourth-order valence-electron chi connectivity index (χ4n) is 4.46. The Morgan fingerprint density at radius 2 is 1.49 bits per heavy atom. The Morgan fingerprint density at radius 3 is 2.29 bits per heavy atom. The maximum Gasteiger partial charge on any atom is 0.335 e. The molecule has 10 nitrogen and oxygen atoms in total. The lowest BCUT2D eigenvalue weighted by atomic mass is 10.0. The molecule has 2 aromatic carbocycles. The predicted octanol–water partition coefficient (Wildman–Crippen LogP) is 3.01. The fourth-order valence-corrected chi connectivity index (χ4v) is 4.46. The number of benzene rings is 2. The highest BCUT2D eigenvalue weighted by molar-refractivity contribution is 6.01. The van der Waals surface area contributed by atoms with E-state index in [-0.39, 0.29) is 50.7 Å². The summed E-state index contributed by atoms with van der Waals surface area (Å²) >= 11 is 0. The molecule has 2 heterocycles. The van der Waals surface area contributed by atoms with Crippen LogP contribution in [0.25, 0.3) is 0 Å². The van der Waals surface area contributed by atoms with Gasteiger partial charge in [-0.25, -0.2) is 4.79 Å². The lowest BCUT2D eigenvalue weighted by molar-refractivity contribution is -0.198. The molecule has 4 amide bonds. The Bertz CT molecular complexity index is 1340. The van der Waals surface area contributed by atoms with E-state index in [0.717, 1.165) is 35.2 Å². The minimum absolute atomic E-state index is 0.00994. The van der Waals surface area contributed by atoms with Gasteiger partial charge in [-0.2, -0.15) is 0 Å². The molecule has 1 saturated heterocycles. The van der Waals surface area contributed by atoms with Crippen LogP contribution in [0.3, 0.4) is 0 Å². The number of imide groups is 1. The van der Waals surface area contributed by atoms with E-state index in [9.17, 15) is 24.0 Å². The first kappa shape index (κ1) is 29.5. The van der Waals surface area contributed by atoms with Crippen molar-refractivity contribution >= 4 is 35.3 Å². The van der Waals surface area contributed by atoms with E-state index < -0.39 is 17.8 Å². The number of rotatable bonds is 13. The quantitative estimate of drug-likeness (QED) is 0.227. The van der Waals surface area contributed by atoms with Gasteiger partial charge >= 0.3 is 5.97 Å². The monoisotopic (exact) mass is 559 g/mol. The number of nitrogens with one attached hydrogen (secondary N) is 1. The number of hydrogen-bond acceptors (Lipinski definition) is 7. The largest absolute Gasteiger partial charge is 0.380 e. The van der Waals surface area contributed by atoms with Crippen molar-refractivity contribution in [2.45, 2.75) is 57.9 Å². The van der Waals surface area contributed by atoms with E-state index in [0.29, 0.717) is 31.0 Å². The molecule has 0 aliphatic carbocycles. The molecule has 0 aromatic heterocycles. The molecule has 214 valence electrons. The molecule has 0 saturated carbocycles. The van der Waals surface area contributed by atoms with Crippen LogP contribution in [-0.4, -0.2) is 54.4 Å². The Labute approximate surface area is 238 Å². The molecule has 41 heavy (non-hydrogen) atoms. The molecule has 1 N–H and O–H groups in total. The summed E-state index contributed by atoms with van der Waals surface area (Å²) in [6, 6.07) is 15.6. The first-order valence-electron chi connectivity index (χ1n) is 13.8. The van der Waals surface area contributed by atoms with Gasteiger partial charge in [0.25, 0.3) is 11.8 Å². The molecular formula is C31H33N3O7. The first-order valence-corrected chi connectivity index (χ1v) is 13.8. The topological polar surface area (TPSA) is 122 Å². The minimum atomic E-state index is -0.745. The van der Waals surface area contributed by atoms with Gasteiger partial charge in [-0.05, 0) is 36.6 Å². The van der Waals surface area contributed by atoms with E-state index in [1.807, 2.05) is 53.4 Å². The SMILES string of the molecule is O=C(CCOCCC(=O)ON1C(=O)CCC1=O)NCCCCCC(=O)N1Cc2ccccc2C#Cc2ccccc21. The van der Waals surface area contributed by atoms with E-state index >= 15 is 0 Å². The predicted molar refractivity (Wildman–Crippen MR) is 149 cm³/mol. The van der Waals surface area contributed by atoms with E-state index in [4.69, 9.17) is 9.57 Å². The van der Waals surface area contributed by atoms with Crippen LogP contribution in [0, 0.1) is 11.8 Å². The highest BCUT2D eigenvalue weighted by atomic mass is 16.7. The smallest absolute Gasteiger partial charge is 0.335 e. The molecule has 2 aliphatic heterocycles. The van der Waals surface area contributed by atoms with Crippen molar-refractivity contribution in [2.75, 3.05) is 24.7 Å². The zero-order valence-corrected chi connectivity index (χ0v) is 22.9. The van der Waals surface area contributed by atoms with Gasteiger partial charge in [-0.15, -0.1) is 5.06 Å². The van der Waals surface area contributed by atoms with Crippen LogP contribution < -0.4 is 10.2 Å². The number of carbonyl (C=O) groups excluding carboxylic acids is 5. The molecule has 1 fully saturated rings. The van der Waals surface area contributed by atoms with Crippen molar-refractivity contribution in [3.63, 3.8) is 0 Å². The summed E-state index contributed by atoms with van der Waals surface area (Å²) < 4.78 is 5.29.